The molecule has 0 aromatic carbocycles. The van der Waals surface area contributed by atoms with Gasteiger partial charge in [0.05, 0.1) is 6.20 Å². The normalized spacial score (nSPS) is 16.3. The van der Waals surface area contributed by atoms with Crippen molar-refractivity contribution in [2.24, 2.45) is 7.05 Å². The highest BCUT2D eigenvalue weighted by atomic mass is 35.5. The van der Waals surface area contributed by atoms with Crippen LogP contribution in [0.3, 0.4) is 0 Å². The standard InChI is InChI=1S/C19H24ClN7O3S/c1-12(2)27-17-13(8-16(20)18(27)28)9-21-19(24-17)23-14-4-6-26(7-5-14)31(29,30)15-10-22-25(3)11-15/h8-12,14H,4-7H2,1-3H3,(H,21,23,24). The first-order valence-corrected chi connectivity index (χ1v) is 11.8. The number of piperidine rings is 1. The van der Waals surface area contributed by atoms with E-state index in [1.54, 1.807) is 23.9 Å². The summed E-state index contributed by atoms with van der Waals surface area (Å²) in [5.74, 6) is 0.400. The Morgan fingerprint density at radius 2 is 1.94 bits per heavy atom. The second kappa shape index (κ2) is 8.21. The SMILES string of the molecule is CC(C)n1c(=O)c(Cl)cc2cnc(NC3CCN(S(=O)(=O)c4cnn(C)c4)CC3)nc21. The Morgan fingerprint density at radius 1 is 1.23 bits per heavy atom. The molecule has 0 saturated carbocycles. The number of nitrogens with zero attached hydrogens (tertiary/aromatic N) is 6. The molecule has 4 rings (SSSR count). The predicted octanol–water partition coefficient (Wildman–Crippen LogP) is 2.02. The molecule has 166 valence electrons. The average Bonchev–Trinajstić information content (AvgIpc) is 3.16. The number of pyridine rings is 1. The molecule has 1 saturated heterocycles. The van der Waals surface area contributed by atoms with E-state index in [1.165, 1.54) is 21.4 Å². The van der Waals surface area contributed by atoms with Crippen molar-refractivity contribution in [3.63, 3.8) is 0 Å². The topological polar surface area (TPSA) is 115 Å². The number of hydrogen-bond acceptors (Lipinski definition) is 7. The van der Waals surface area contributed by atoms with Gasteiger partial charge in [-0.05, 0) is 32.8 Å². The minimum Gasteiger partial charge on any atom is -0.351 e. The molecule has 0 atom stereocenters. The molecule has 4 heterocycles. The molecule has 3 aromatic heterocycles. The number of rotatable bonds is 5. The summed E-state index contributed by atoms with van der Waals surface area (Å²) in [7, 11) is -1.86. The van der Waals surface area contributed by atoms with E-state index in [0.29, 0.717) is 42.9 Å². The Labute approximate surface area is 184 Å². The summed E-state index contributed by atoms with van der Waals surface area (Å²) in [6.07, 6.45) is 5.72. The summed E-state index contributed by atoms with van der Waals surface area (Å²) in [6.45, 7) is 4.55. The minimum absolute atomic E-state index is 0.0179. The van der Waals surface area contributed by atoms with E-state index in [0.717, 1.165) is 0 Å². The van der Waals surface area contributed by atoms with E-state index in [4.69, 9.17) is 11.6 Å². The van der Waals surface area contributed by atoms with E-state index in [2.05, 4.69) is 20.4 Å². The van der Waals surface area contributed by atoms with Crippen LogP contribution in [-0.4, -0.2) is 56.2 Å². The molecule has 10 nitrogen and oxygen atoms in total. The smallest absolute Gasteiger partial charge is 0.271 e. The second-order valence-corrected chi connectivity index (χ2v) is 10.3. The third kappa shape index (κ3) is 4.17. The van der Waals surface area contributed by atoms with Crippen molar-refractivity contribution in [1.29, 1.82) is 0 Å². The van der Waals surface area contributed by atoms with Gasteiger partial charge in [-0.3, -0.25) is 14.0 Å². The molecule has 0 spiro atoms. The lowest BCUT2D eigenvalue weighted by Gasteiger charge is -2.31. The molecule has 0 aliphatic carbocycles. The number of anilines is 1. The van der Waals surface area contributed by atoms with Crippen LogP contribution in [0.5, 0.6) is 0 Å². The maximum atomic E-state index is 12.8. The summed E-state index contributed by atoms with van der Waals surface area (Å²) < 4.78 is 30.0. The second-order valence-electron chi connectivity index (χ2n) is 7.91. The Balaban J connectivity index is 1.50. The fourth-order valence-corrected chi connectivity index (χ4v) is 5.40. The zero-order valence-electron chi connectivity index (χ0n) is 17.5. The number of sulfonamides is 1. The van der Waals surface area contributed by atoms with Gasteiger partial charge in [-0.15, -0.1) is 0 Å². The summed E-state index contributed by atoms with van der Waals surface area (Å²) in [5, 5.41) is 8.05. The van der Waals surface area contributed by atoms with Crippen molar-refractivity contribution < 1.29 is 8.42 Å². The maximum absolute atomic E-state index is 12.8. The molecule has 12 heteroatoms. The van der Waals surface area contributed by atoms with E-state index in [-0.39, 0.29) is 27.6 Å². The van der Waals surface area contributed by atoms with E-state index >= 15 is 0 Å². The molecule has 0 unspecified atom stereocenters. The Morgan fingerprint density at radius 3 is 2.55 bits per heavy atom. The van der Waals surface area contributed by atoms with Crippen molar-refractivity contribution in [2.45, 2.75) is 43.7 Å². The number of halogens is 1. The average molecular weight is 466 g/mol. The van der Waals surface area contributed by atoms with E-state index in [1.807, 2.05) is 13.8 Å². The zero-order valence-corrected chi connectivity index (χ0v) is 19.1. The van der Waals surface area contributed by atoms with Gasteiger partial charge in [0.25, 0.3) is 5.56 Å². The third-order valence-electron chi connectivity index (χ3n) is 5.35. The fraction of sp³-hybridized carbons (Fsp3) is 0.474. The van der Waals surface area contributed by atoms with Crippen LogP contribution in [0.4, 0.5) is 5.95 Å². The van der Waals surface area contributed by atoms with Crippen LogP contribution in [0.15, 0.2) is 34.3 Å². The van der Waals surface area contributed by atoms with Gasteiger partial charge in [-0.25, -0.2) is 13.4 Å². The van der Waals surface area contributed by atoms with Gasteiger partial charge in [-0.1, -0.05) is 11.6 Å². The molecule has 0 amide bonds. The molecular formula is C19H24ClN7O3S. The van der Waals surface area contributed by atoms with Crippen LogP contribution in [0, 0.1) is 0 Å². The monoisotopic (exact) mass is 465 g/mol. The highest BCUT2D eigenvalue weighted by Gasteiger charge is 2.30. The number of aromatic nitrogens is 5. The van der Waals surface area contributed by atoms with Gasteiger partial charge >= 0.3 is 0 Å². The molecule has 0 bridgehead atoms. The first-order valence-electron chi connectivity index (χ1n) is 10.00. The largest absolute Gasteiger partial charge is 0.351 e. The van der Waals surface area contributed by atoms with Gasteiger partial charge < -0.3 is 5.32 Å². The Kier molecular flexibility index (Phi) is 5.75. The molecular weight excluding hydrogens is 442 g/mol. The van der Waals surface area contributed by atoms with Gasteiger partial charge in [0, 0.05) is 50.0 Å². The number of aryl methyl sites for hydroxylation is 1. The predicted molar refractivity (Wildman–Crippen MR) is 118 cm³/mol. The summed E-state index contributed by atoms with van der Waals surface area (Å²) in [6, 6.07) is 1.48. The molecule has 0 radical (unpaired) electrons. The van der Waals surface area contributed by atoms with Gasteiger partial charge in [-0.2, -0.15) is 14.4 Å². The number of hydrogen-bond donors (Lipinski definition) is 1. The van der Waals surface area contributed by atoms with Crippen molar-refractivity contribution in [3.8, 4) is 0 Å². The fourth-order valence-electron chi connectivity index (χ4n) is 3.74. The molecule has 1 aliphatic rings. The van der Waals surface area contributed by atoms with Crippen molar-refractivity contribution in [2.75, 3.05) is 18.4 Å². The lowest BCUT2D eigenvalue weighted by molar-refractivity contribution is 0.329. The van der Waals surface area contributed by atoms with Crippen molar-refractivity contribution in [3.05, 3.63) is 40.0 Å². The summed E-state index contributed by atoms with van der Waals surface area (Å²) in [5.41, 5.74) is 0.223. The quantitative estimate of drug-likeness (QED) is 0.612. The van der Waals surface area contributed by atoms with Gasteiger partial charge in [0.1, 0.15) is 15.6 Å². The van der Waals surface area contributed by atoms with Gasteiger partial charge in [0.2, 0.25) is 16.0 Å². The Bertz CT molecular complexity index is 1280. The molecule has 31 heavy (non-hydrogen) atoms. The minimum atomic E-state index is -3.55. The summed E-state index contributed by atoms with van der Waals surface area (Å²) >= 11 is 6.06. The zero-order chi connectivity index (χ0) is 22.3. The highest BCUT2D eigenvalue weighted by Crippen LogP contribution is 2.23. The number of nitrogens with one attached hydrogen (secondary N) is 1. The van der Waals surface area contributed by atoms with E-state index in [9.17, 15) is 13.2 Å². The third-order valence-corrected chi connectivity index (χ3v) is 7.47. The lowest BCUT2D eigenvalue weighted by atomic mass is 10.1. The molecule has 3 aromatic rings. The van der Waals surface area contributed by atoms with Gasteiger partial charge in [0.15, 0.2) is 0 Å². The van der Waals surface area contributed by atoms with Crippen LogP contribution < -0.4 is 10.9 Å². The van der Waals surface area contributed by atoms with Crippen LogP contribution in [0.1, 0.15) is 32.7 Å². The van der Waals surface area contributed by atoms with Crippen molar-refractivity contribution >= 4 is 38.6 Å². The summed E-state index contributed by atoms with van der Waals surface area (Å²) in [4.78, 5) is 21.6. The van der Waals surface area contributed by atoms with Crippen molar-refractivity contribution in [1.82, 2.24) is 28.6 Å². The van der Waals surface area contributed by atoms with Crippen LogP contribution in [0.25, 0.3) is 11.0 Å². The van der Waals surface area contributed by atoms with Crippen LogP contribution in [0.2, 0.25) is 5.02 Å². The molecule has 1 N–H and O–H groups in total. The maximum Gasteiger partial charge on any atom is 0.271 e. The van der Waals surface area contributed by atoms with Crippen LogP contribution in [-0.2, 0) is 17.1 Å². The lowest BCUT2D eigenvalue weighted by Crippen LogP contribution is -2.42. The number of fused-ring (bicyclic) bond motifs is 1. The first-order chi connectivity index (χ1) is 14.7. The van der Waals surface area contributed by atoms with Crippen LogP contribution >= 0.6 is 11.6 Å². The molecule has 1 fully saturated rings. The first kappa shape index (κ1) is 21.7. The molecule has 1 aliphatic heterocycles. The highest BCUT2D eigenvalue weighted by molar-refractivity contribution is 7.89. The van der Waals surface area contributed by atoms with E-state index < -0.39 is 10.0 Å². The Hall–Kier alpha value is -2.50.